The number of hydrogen-bond donors (Lipinski definition) is 1. The van der Waals surface area contributed by atoms with Crippen molar-refractivity contribution in [1.82, 2.24) is 9.78 Å². The van der Waals surface area contributed by atoms with Gasteiger partial charge in [-0.05, 0) is 51.8 Å². The molecule has 0 bridgehead atoms. The number of rotatable bonds is 5. The van der Waals surface area contributed by atoms with Crippen molar-refractivity contribution in [3.8, 4) is 5.75 Å². The van der Waals surface area contributed by atoms with E-state index in [0.717, 1.165) is 5.56 Å². The second kappa shape index (κ2) is 7.88. The SMILES string of the molecule is COc1ccc(Cl)cc1C(=O)Nc1nn(Cc2ccc(F)cc2)cc1Br. The van der Waals surface area contributed by atoms with Crippen molar-refractivity contribution in [2.75, 3.05) is 12.4 Å². The zero-order chi connectivity index (χ0) is 18.7. The number of methoxy groups -OCH3 is 1. The third kappa shape index (κ3) is 4.23. The molecule has 134 valence electrons. The fourth-order valence-corrected chi connectivity index (χ4v) is 2.96. The van der Waals surface area contributed by atoms with E-state index in [-0.39, 0.29) is 5.82 Å². The molecule has 1 heterocycles. The van der Waals surface area contributed by atoms with Crippen molar-refractivity contribution in [2.24, 2.45) is 0 Å². The number of nitrogens with zero attached hydrogens (tertiary/aromatic N) is 2. The molecule has 0 saturated carbocycles. The average Bonchev–Trinajstić information content (AvgIpc) is 2.96. The first-order valence-electron chi connectivity index (χ1n) is 7.58. The molecule has 0 fully saturated rings. The van der Waals surface area contributed by atoms with Crippen LogP contribution in [-0.2, 0) is 6.54 Å². The maximum absolute atomic E-state index is 13.0. The largest absolute Gasteiger partial charge is 0.496 e. The number of benzene rings is 2. The summed E-state index contributed by atoms with van der Waals surface area (Å²) in [5, 5.41) is 7.50. The molecule has 1 aromatic heterocycles. The standard InChI is InChI=1S/C18H14BrClFN3O2/c1-26-16-7-4-12(20)8-14(16)18(25)22-17-15(19)10-24(23-17)9-11-2-5-13(21)6-3-11/h2-8,10H,9H2,1H3,(H,22,23,25). The molecule has 8 heteroatoms. The van der Waals surface area contributed by atoms with E-state index in [1.54, 1.807) is 35.1 Å². The van der Waals surface area contributed by atoms with Gasteiger partial charge < -0.3 is 10.1 Å². The monoisotopic (exact) mass is 437 g/mol. The van der Waals surface area contributed by atoms with Crippen molar-refractivity contribution in [3.05, 3.63) is 75.1 Å². The highest BCUT2D eigenvalue weighted by molar-refractivity contribution is 9.10. The van der Waals surface area contributed by atoms with E-state index in [0.29, 0.717) is 33.2 Å². The summed E-state index contributed by atoms with van der Waals surface area (Å²) in [4.78, 5) is 12.5. The van der Waals surface area contributed by atoms with Gasteiger partial charge in [0.1, 0.15) is 11.6 Å². The third-order valence-electron chi connectivity index (χ3n) is 3.61. The fourth-order valence-electron chi connectivity index (χ4n) is 2.37. The van der Waals surface area contributed by atoms with Gasteiger partial charge >= 0.3 is 0 Å². The lowest BCUT2D eigenvalue weighted by Crippen LogP contribution is -2.14. The van der Waals surface area contributed by atoms with E-state index in [2.05, 4.69) is 26.3 Å². The van der Waals surface area contributed by atoms with Gasteiger partial charge in [-0.2, -0.15) is 5.10 Å². The van der Waals surface area contributed by atoms with E-state index >= 15 is 0 Å². The molecular weight excluding hydrogens is 425 g/mol. The number of aromatic nitrogens is 2. The number of amides is 1. The van der Waals surface area contributed by atoms with Gasteiger partial charge in [-0.25, -0.2) is 4.39 Å². The number of nitrogens with one attached hydrogen (secondary N) is 1. The zero-order valence-corrected chi connectivity index (χ0v) is 16.0. The first-order valence-corrected chi connectivity index (χ1v) is 8.75. The summed E-state index contributed by atoms with van der Waals surface area (Å²) in [5.74, 6) is 0.0869. The van der Waals surface area contributed by atoms with Crippen LogP contribution in [0.2, 0.25) is 5.02 Å². The smallest absolute Gasteiger partial charge is 0.260 e. The normalized spacial score (nSPS) is 10.6. The Bertz CT molecular complexity index is 944. The highest BCUT2D eigenvalue weighted by Crippen LogP contribution is 2.26. The van der Waals surface area contributed by atoms with Crippen molar-refractivity contribution in [2.45, 2.75) is 6.54 Å². The van der Waals surface area contributed by atoms with Crippen LogP contribution in [0.15, 0.2) is 53.1 Å². The molecule has 0 radical (unpaired) electrons. The van der Waals surface area contributed by atoms with Gasteiger partial charge in [-0.3, -0.25) is 9.48 Å². The summed E-state index contributed by atoms with van der Waals surface area (Å²) < 4.78 is 20.4. The van der Waals surface area contributed by atoms with Gasteiger partial charge in [-0.15, -0.1) is 0 Å². The molecular formula is C18H14BrClFN3O2. The number of halogens is 3. The highest BCUT2D eigenvalue weighted by Gasteiger charge is 2.16. The number of carbonyl (C=O) groups is 1. The molecule has 0 aliphatic heterocycles. The van der Waals surface area contributed by atoms with Crippen molar-refractivity contribution >= 4 is 39.3 Å². The van der Waals surface area contributed by atoms with E-state index in [9.17, 15) is 9.18 Å². The zero-order valence-electron chi connectivity index (χ0n) is 13.7. The highest BCUT2D eigenvalue weighted by atomic mass is 79.9. The second-order valence-corrected chi connectivity index (χ2v) is 6.74. The molecule has 0 spiro atoms. The van der Waals surface area contributed by atoms with Crippen molar-refractivity contribution in [1.29, 1.82) is 0 Å². The van der Waals surface area contributed by atoms with Crippen LogP contribution in [0.25, 0.3) is 0 Å². The van der Waals surface area contributed by atoms with Crippen LogP contribution in [0, 0.1) is 5.82 Å². The Morgan fingerprint density at radius 2 is 2.04 bits per heavy atom. The van der Waals surface area contributed by atoms with Gasteiger partial charge in [0.2, 0.25) is 0 Å². The number of carbonyl (C=O) groups excluding carboxylic acids is 1. The summed E-state index contributed by atoms with van der Waals surface area (Å²) >= 11 is 9.34. The summed E-state index contributed by atoms with van der Waals surface area (Å²) in [7, 11) is 1.48. The molecule has 2 aromatic carbocycles. The van der Waals surface area contributed by atoms with Crippen LogP contribution >= 0.6 is 27.5 Å². The summed E-state index contributed by atoms with van der Waals surface area (Å²) in [6.45, 7) is 0.440. The van der Waals surface area contributed by atoms with Crippen LogP contribution in [-0.4, -0.2) is 22.8 Å². The molecule has 3 rings (SSSR count). The minimum absolute atomic E-state index is 0.293. The van der Waals surface area contributed by atoms with Gasteiger partial charge in [0.15, 0.2) is 5.82 Å². The lowest BCUT2D eigenvalue weighted by molar-refractivity contribution is 0.102. The Hall–Kier alpha value is -2.38. The average molecular weight is 439 g/mol. The Morgan fingerprint density at radius 1 is 1.31 bits per heavy atom. The van der Waals surface area contributed by atoms with Gasteiger partial charge in [0.05, 0.1) is 23.7 Å². The first-order chi connectivity index (χ1) is 12.5. The Kier molecular flexibility index (Phi) is 5.58. The maximum Gasteiger partial charge on any atom is 0.260 e. The number of anilines is 1. The van der Waals surface area contributed by atoms with Gasteiger partial charge in [-0.1, -0.05) is 23.7 Å². The fraction of sp³-hybridized carbons (Fsp3) is 0.111. The molecule has 0 aliphatic rings. The van der Waals surface area contributed by atoms with Crippen LogP contribution in [0.5, 0.6) is 5.75 Å². The lowest BCUT2D eigenvalue weighted by Gasteiger charge is -2.08. The minimum Gasteiger partial charge on any atom is -0.496 e. The predicted molar refractivity (Wildman–Crippen MR) is 101 cm³/mol. The predicted octanol–water partition coefficient (Wildman–Crippen LogP) is 4.75. The van der Waals surface area contributed by atoms with Crippen molar-refractivity contribution < 1.29 is 13.9 Å². The molecule has 0 saturated heterocycles. The number of hydrogen-bond acceptors (Lipinski definition) is 3. The lowest BCUT2D eigenvalue weighted by atomic mass is 10.2. The van der Waals surface area contributed by atoms with Gasteiger partial charge in [0.25, 0.3) is 5.91 Å². The van der Waals surface area contributed by atoms with E-state index in [4.69, 9.17) is 16.3 Å². The molecule has 1 amide bonds. The van der Waals surface area contributed by atoms with Crippen LogP contribution in [0.4, 0.5) is 10.2 Å². The molecule has 0 aliphatic carbocycles. The Balaban J connectivity index is 1.78. The van der Waals surface area contributed by atoms with Crippen LogP contribution in [0.3, 0.4) is 0 Å². The molecule has 1 N–H and O–H groups in total. The summed E-state index contributed by atoms with van der Waals surface area (Å²) in [6, 6.07) is 10.9. The summed E-state index contributed by atoms with van der Waals surface area (Å²) in [5.41, 5.74) is 1.19. The molecule has 26 heavy (non-hydrogen) atoms. The molecule has 5 nitrogen and oxygen atoms in total. The Labute approximate surface area is 162 Å². The first kappa shape index (κ1) is 18.4. The third-order valence-corrected chi connectivity index (χ3v) is 4.43. The minimum atomic E-state index is -0.392. The molecule has 0 atom stereocenters. The van der Waals surface area contributed by atoms with E-state index in [1.807, 2.05) is 0 Å². The second-order valence-electron chi connectivity index (χ2n) is 5.45. The summed E-state index contributed by atoms with van der Waals surface area (Å²) in [6.07, 6.45) is 1.73. The van der Waals surface area contributed by atoms with Crippen molar-refractivity contribution in [3.63, 3.8) is 0 Å². The van der Waals surface area contributed by atoms with E-state index in [1.165, 1.54) is 25.3 Å². The van der Waals surface area contributed by atoms with Crippen LogP contribution in [0.1, 0.15) is 15.9 Å². The number of ether oxygens (including phenoxy) is 1. The topological polar surface area (TPSA) is 56.1 Å². The molecule has 0 unspecified atom stereocenters. The maximum atomic E-state index is 13.0. The molecule has 3 aromatic rings. The van der Waals surface area contributed by atoms with E-state index < -0.39 is 5.91 Å². The quantitative estimate of drug-likeness (QED) is 0.625. The Morgan fingerprint density at radius 3 is 2.73 bits per heavy atom. The van der Waals surface area contributed by atoms with Gasteiger partial charge in [0, 0.05) is 11.2 Å². The van der Waals surface area contributed by atoms with Crippen LogP contribution < -0.4 is 10.1 Å².